The number of benzene rings is 1. The average Bonchev–Trinajstić information content (AvgIpc) is 3.05. The second-order valence-electron chi connectivity index (χ2n) is 5.91. The van der Waals surface area contributed by atoms with Crippen LogP contribution in [0.5, 0.6) is 0 Å². The van der Waals surface area contributed by atoms with E-state index in [9.17, 15) is 0 Å². The van der Waals surface area contributed by atoms with Crippen molar-refractivity contribution in [3.05, 3.63) is 34.3 Å². The molecule has 0 radical (unpaired) electrons. The van der Waals surface area contributed by atoms with E-state index in [1.165, 1.54) is 56.4 Å². The molecular formula is C16H23ClN2. The van der Waals surface area contributed by atoms with Gasteiger partial charge in [0.1, 0.15) is 0 Å². The lowest BCUT2D eigenvalue weighted by Crippen LogP contribution is -2.23. The number of rotatable bonds is 4. The van der Waals surface area contributed by atoms with Crippen molar-refractivity contribution in [1.82, 2.24) is 10.2 Å². The molecule has 0 bridgehead atoms. The number of halogens is 1. The zero-order valence-corrected chi connectivity index (χ0v) is 12.3. The van der Waals surface area contributed by atoms with Gasteiger partial charge in [-0.25, -0.2) is 0 Å². The van der Waals surface area contributed by atoms with E-state index < -0.39 is 0 Å². The van der Waals surface area contributed by atoms with Gasteiger partial charge in [0.15, 0.2) is 0 Å². The van der Waals surface area contributed by atoms with Crippen LogP contribution in [0.15, 0.2) is 18.2 Å². The Kier molecular flexibility index (Phi) is 4.42. The fraction of sp³-hybridized carbons (Fsp3) is 0.625. The predicted molar refractivity (Wildman–Crippen MR) is 80.7 cm³/mol. The van der Waals surface area contributed by atoms with E-state index in [2.05, 4.69) is 28.4 Å². The zero-order chi connectivity index (χ0) is 13.1. The molecule has 1 aromatic carbocycles. The molecule has 0 aliphatic carbocycles. The molecule has 2 aliphatic rings. The number of hydrogen-bond donors (Lipinski definition) is 1. The van der Waals surface area contributed by atoms with Gasteiger partial charge < -0.3 is 5.32 Å². The number of likely N-dealkylation sites (tertiary alicyclic amines) is 1. The van der Waals surface area contributed by atoms with Crippen LogP contribution < -0.4 is 5.32 Å². The third-order valence-corrected chi connectivity index (χ3v) is 4.71. The summed E-state index contributed by atoms with van der Waals surface area (Å²) in [5.41, 5.74) is 2.65. The van der Waals surface area contributed by atoms with E-state index in [0.29, 0.717) is 6.04 Å². The quantitative estimate of drug-likeness (QED) is 0.910. The monoisotopic (exact) mass is 278 g/mol. The van der Waals surface area contributed by atoms with Crippen LogP contribution >= 0.6 is 11.6 Å². The van der Waals surface area contributed by atoms with Gasteiger partial charge in [-0.05, 0) is 68.9 Å². The van der Waals surface area contributed by atoms with Crippen LogP contribution in [0.2, 0.25) is 5.02 Å². The molecule has 0 amide bonds. The third kappa shape index (κ3) is 3.50. The minimum Gasteiger partial charge on any atom is -0.314 e. The summed E-state index contributed by atoms with van der Waals surface area (Å²) < 4.78 is 0. The molecule has 2 saturated heterocycles. The van der Waals surface area contributed by atoms with Crippen molar-refractivity contribution in [3.63, 3.8) is 0 Å². The van der Waals surface area contributed by atoms with Crippen molar-refractivity contribution in [2.24, 2.45) is 0 Å². The summed E-state index contributed by atoms with van der Waals surface area (Å²) in [5.74, 6) is 0. The third-order valence-electron chi connectivity index (χ3n) is 4.35. The summed E-state index contributed by atoms with van der Waals surface area (Å²) in [6.45, 7) is 4.64. The summed E-state index contributed by atoms with van der Waals surface area (Å²) in [6, 6.07) is 7.32. The summed E-state index contributed by atoms with van der Waals surface area (Å²) in [6.07, 6.45) is 6.40. The first-order chi connectivity index (χ1) is 9.31. The highest BCUT2D eigenvalue weighted by molar-refractivity contribution is 6.31. The smallest absolute Gasteiger partial charge is 0.0453 e. The number of nitrogens with one attached hydrogen (secondary N) is 1. The fourth-order valence-corrected chi connectivity index (χ4v) is 3.51. The van der Waals surface area contributed by atoms with Gasteiger partial charge in [-0.1, -0.05) is 23.7 Å². The van der Waals surface area contributed by atoms with Crippen molar-refractivity contribution in [3.8, 4) is 0 Å². The SMILES string of the molecule is Clc1cc(CC2CCCN2)ccc1CN1CCCC1. The van der Waals surface area contributed by atoms with Crippen molar-refractivity contribution in [1.29, 1.82) is 0 Å². The molecule has 1 aromatic rings. The van der Waals surface area contributed by atoms with Crippen LogP contribution in [0.1, 0.15) is 36.8 Å². The van der Waals surface area contributed by atoms with E-state index in [4.69, 9.17) is 11.6 Å². The van der Waals surface area contributed by atoms with Gasteiger partial charge in [-0.3, -0.25) is 4.90 Å². The Labute approximate surface area is 121 Å². The average molecular weight is 279 g/mol. The predicted octanol–water partition coefficient (Wildman–Crippen LogP) is 3.23. The van der Waals surface area contributed by atoms with Crippen LogP contribution in [0, 0.1) is 0 Å². The number of nitrogens with zero attached hydrogens (tertiary/aromatic N) is 1. The van der Waals surface area contributed by atoms with E-state index >= 15 is 0 Å². The van der Waals surface area contributed by atoms with Crippen molar-refractivity contribution >= 4 is 11.6 Å². The molecule has 3 rings (SSSR count). The lowest BCUT2D eigenvalue weighted by molar-refractivity contribution is 0.331. The highest BCUT2D eigenvalue weighted by atomic mass is 35.5. The molecule has 104 valence electrons. The lowest BCUT2D eigenvalue weighted by atomic mass is 10.0. The summed E-state index contributed by atoms with van der Waals surface area (Å²) >= 11 is 6.45. The molecule has 2 fully saturated rings. The first kappa shape index (κ1) is 13.4. The Balaban J connectivity index is 1.63. The van der Waals surface area contributed by atoms with Crippen molar-refractivity contribution in [2.75, 3.05) is 19.6 Å². The van der Waals surface area contributed by atoms with Gasteiger partial charge in [0, 0.05) is 17.6 Å². The molecule has 0 spiro atoms. The Hall–Kier alpha value is -0.570. The van der Waals surface area contributed by atoms with Gasteiger partial charge in [0.2, 0.25) is 0 Å². The summed E-state index contributed by atoms with van der Waals surface area (Å²) in [5, 5.41) is 4.49. The van der Waals surface area contributed by atoms with Crippen molar-refractivity contribution in [2.45, 2.75) is 44.7 Å². The van der Waals surface area contributed by atoms with Gasteiger partial charge in [-0.2, -0.15) is 0 Å². The second kappa shape index (κ2) is 6.25. The largest absolute Gasteiger partial charge is 0.314 e. The molecular weight excluding hydrogens is 256 g/mol. The molecule has 0 saturated carbocycles. The normalized spacial score (nSPS) is 24.2. The molecule has 2 nitrogen and oxygen atoms in total. The molecule has 2 heterocycles. The highest BCUT2D eigenvalue weighted by Gasteiger charge is 2.16. The Bertz CT molecular complexity index is 421. The van der Waals surface area contributed by atoms with Crippen molar-refractivity contribution < 1.29 is 0 Å². The molecule has 0 aromatic heterocycles. The minimum absolute atomic E-state index is 0.653. The fourth-order valence-electron chi connectivity index (χ4n) is 3.24. The molecule has 19 heavy (non-hydrogen) atoms. The van der Waals surface area contributed by atoms with Crippen LogP contribution in [0.4, 0.5) is 0 Å². The van der Waals surface area contributed by atoms with E-state index in [0.717, 1.165) is 18.0 Å². The first-order valence-corrected chi connectivity index (χ1v) is 7.92. The Morgan fingerprint density at radius 2 is 2.05 bits per heavy atom. The zero-order valence-electron chi connectivity index (χ0n) is 11.5. The minimum atomic E-state index is 0.653. The van der Waals surface area contributed by atoms with Gasteiger partial charge in [-0.15, -0.1) is 0 Å². The van der Waals surface area contributed by atoms with Gasteiger partial charge >= 0.3 is 0 Å². The summed E-state index contributed by atoms with van der Waals surface area (Å²) in [4.78, 5) is 2.50. The first-order valence-electron chi connectivity index (χ1n) is 7.54. The second-order valence-corrected chi connectivity index (χ2v) is 6.31. The van der Waals surface area contributed by atoms with Crippen LogP contribution in [0.25, 0.3) is 0 Å². The Morgan fingerprint density at radius 3 is 2.74 bits per heavy atom. The van der Waals surface area contributed by atoms with Gasteiger partial charge in [0.05, 0.1) is 0 Å². The standard InChI is InChI=1S/C16H23ClN2/c17-16-11-13(10-15-4-3-7-18-15)5-6-14(16)12-19-8-1-2-9-19/h5-6,11,15,18H,1-4,7-10,12H2. The van der Waals surface area contributed by atoms with Crippen LogP contribution in [0.3, 0.4) is 0 Å². The van der Waals surface area contributed by atoms with Crippen LogP contribution in [-0.2, 0) is 13.0 Å². The van der Waals surface area contributed by atoms with E-state index in [1.807, 2.05) is 0 Å². The molecule has 2 aliphatic heterocycles. The highest BCUT2D eigenvalue weighted by Crippen LogP contribution is 2.23. The topological polar surface area (TPSA) is 15.3 Å². The summed E-state index contributed by atoms with van der Waals surface area (Å²) in [7, 11) is 0. The maximum absolute atomic E-state index is 6.45. The molecule has 3 heteroatoms. The van der Waals surface area contributed by atoms with Crippen LogP contribution in [-0.4, -0.2) is 30.6 Å². The molecule has 1 unspecified atom stereocenters. The van der Waals surface area contributed by atoms with E-state index in [1.54, 1.807) is 0 Å². The molecule has 1 atom stereocenters. The molecule has 1 N–H and O–H groups in total. The van der Waals surface area contributed by atoms with Gasteiger partial charge in [0.25, 0.3) is 0 Å². The number of hydrogen-bond acceptors (Lipinski definition) is 2. The Morgan fingerprint density at radius 1 is 1.21 bits per heavy atom. The van der Waals surface area contributed by atoms with E-state index in [-0.39, 0.29) is 0 Å². The maximum Gasteiger partial charge on any atom is 0.0453 e. The maximum atomic E-state index is 6.45. The lowest BCUT2D eigenvalue weighted by Gasteiger charge is -2.17.